The lowest BCUT2D eigenvalue weighted by Gasteiger charge is -2.06. The number of halogens is 3. The predicted molar refractivity (Wildman–Crippen MR) is 70.8 cm³/mol. The molecule has 0 radical (unpaired) electrons. The zero-order valence-electron chi connectivity index (χ0n) is 11.5. The summed E-state index contributed by atoms with van der Waals surface area (Å²) in [4.78, 5) is 5.43. The van der Waals surface area contributed by atoms with Crippen molar-refractivity contribution < 1.29 is 22.6 Å². The summed E-state index contributed by atoms with van der Waals surface area (Å²) in [6.07, 6.45) is -3.90. The fourth-order valence-corrected chi connectivity index (χ4v) is 2.54. The van der Waals surface area contributed by atoms with Crippen LogP contribution in [0.4, 0.5) is 13.2 Å². The first kappa shape index (κ1) is 17.4. The van der Waals surface area contributed by atoms with E-state index in [1.807, 2.05) is 6.92 Å². The minimum absolute atomic E-state index is 0.0140. The van der Waals surface area contributed by atoms with Crippen LogP contribution in [0.25, 0.3) is 0 Å². The van der Waals surface area contributed by atoms with Gasteiger partial charge in [-0.1, -0.05) is 6.92 Å². The van der Waals surface area contributed by atoms with Crippen LogP contribution in [0.3, 0.4) is 0 Å². The Kier molecular flexibility index (Phi) is 7.42. The molecule has 0 atom stereocenters. The summed E-state index contributed by atoms with van der Waals surface area (Å²) in [6, 6.07) is 0. The second-order valence-corrected chi connectivity index (χ2v) is 5.28. The molecule has 0 amide bonds. The summed E-state index contributed by atoms with van der Waals surface area (Å²) >= 11 is 1.48. The van der Waals surface area contributed by atoms with Crippen molar-refractivity contribution in [3.05, 3.63) is 15.6 Å². The van der Waals surface area contributed by atoms with Crippen LogP contribution in [0.15, 0.2) is 0 Å². The second-order valence-electron chi connectivity index (χ2n) is 4.11. The van der Waals surface area contributed by atoms with E-state index in [2.05, 4.69) is 15.0 Å². The summed E-state index contributed by atoms with van der Waals surface area (Å²) < 4.78 is 45.4. The van der Waals surface area contributed by atoms with Crippen LogP contribution >= 0.6 is 11.3 Å². The number of thiazole rings is 1. The van der Waals surface area contributed by atoms with Gasteiger partial charge in [-0.05, 0) is 6.54 Å². The van der Waals surface area contributed by atoms with E-state index in [9.17, 15) is 13.2 Å². The lowest BCUT2D eigenvalue weighted by atomic mass is 10.3. The average molecular weight is 312 g/mol. The predicted octanol–water partition coefficient (Wildman–Crippen LogP) is 2.52. The quantitative estimate of drug-likeness (QED) is 0.712. The van der Waals surface area contributed by atoms with Gasteiger partial charge in [0.2, 0.25) is 0 Å². The molecule has 0 aromatic carbocycles. The van der Waals surface area contributed by atoms with E-state index < -0.39 is 12.8 Å². The maximum absolute atomic E-state index is 11.9. The Labute approximate surface area is 120 Å². The van der Waals surface area contributed by atoms with Crippen LogP contribution in [0.1, 0.15) is 22.5 Å². The summed E-state index contributed by atoms with van der Waals surface area (Å²) in [6.45, 7) is 2.74. The summed E-state index contributed by atoms with van der Waals surface area (Å²) in [5.74, 6) is 0. The first-order valence-corrected chi connectivity index (χ1v) is 7.09. The fourth-order valence-electron chi connectivity index (χ4n) is 1.52. The second kappa shape index (κ2) is 8.56. The standard InChI is InChI=1S/C12H19F3N2O2S/c1-3-16-6-10-9(7-18-2)17-11(20-10)4-5-19-8-12(13,14)15/h16H,3-8H2,1-2H3. The van der Waals surface area contributed by atoms with Gasteiger partial charge in [0.1, 0.15) is 6.61 Å². The Bertz CT molecular complexity index is 397. The molecule has 0 spiro atoms. The summed E-state index contributed by atoms with van der Waals surface area (Å²) in [5.41, 5.74) is 0.837. The van der Waals surface area contributed by atoms with E-state index in [4.69, 9.17) is 4.74 Å². The van der Waals surface area contributed by atoms with Crippen LogP contribution in [-0.2, 0) is 29.0 Å². The molecule has 8 heteroatoms. The number of hydrogen-bond acceptors (Lipinski definition) is 5. The first-order chi connectivity index (χ1) is 9.46. The minimum Gasteiger partial charge on any atom is -0.378 e. The Balaban J connectivity index is 2.48. The number of methoxy groups -OCH3 is 1. The van der Waals surface area contributed by atoms with Crippen molar-refractivity contribution in [3.8, 4) is 0 Å². The van der Waals surface area contributed by atoms with Crippen molar-refractivity contribution in [2.75, 3.05) is 26.9 Å². The Morgan fingerprint density at radius 3 is 2.70 bits per heavy atom. The van der Waals surface area contributed by atoms with E-state index in [0.29, 0.717) is 19.6 Å². The molecule has 1 rings (SSSR count). The van der Waals surface area contributed by atoms with Crippen LogP contribution < -0.4 is 5.32 Å². The molecule has 0 aliphatic rings. The van der Waals surface area contributed by atoms with Crippen molar-refractivity contribution in [1.82, 2.24) is 10.3 Å². The van der Waals surface area contributed by atoms with Gasteiger partial charge in [0.15, 0.2) is 0 Å². The van der Waals surface area contributed by atoms with Crippen LogP contribution in [-0.4, -0.2) is 38.0 Å². The average Bonchev–Trinajstić information content (AvgIpc) is 2.74. The molecule has 1 aromatic rings. The fraction of sp³-hybridized carbons (Fsp3) is 0.750. The molecule has 0 unspecified atom stereocenters. The summed E-state index contributed by atoms with van der Waals surface area (Å²) in [7, 11) is 1.59. The number of ether oxygens (including phenoxy) is 2. The number of aromatic nitrogens is 1. The molecule has 0 saturated carbocycles. The van der Waals surface area contributed by atoms with Gasteiger partial charge in [-0.2, -0.15) is 13.2 Å². The van der Waals surface area contributed by atoms with Crippen molar-refractivity contribution >= 4 is 11.3 Å². The molecule has 116 valence electrons. The lowest BCUT2D eigenvalue weighted by Crippen LogP contribution is -2.17. The topological polar surface area (TPSA) is 43.4 Å². The van der Waals surface area contributed by atoms with E-state index >= 15 is 0 Å². The van der Waals surface area contributed by atoms with Crippen LogP contribution in [0.5, 0.6) is 0 Å². The molecule has 0 aliphatic heterocycles. The van der Waals surface area contributed by atoms with Gasteiger partial charge < -0.3 is 14.8 Å². The Hall–Kier alpha value is -0.700. The normalized spacial score (nSPS) is 12.1. The van der Waals surface area contributed by atoms with Crippen LogP contribution in [0.2, 0.25) is 0 Å². The van der Waals surface area contributed by atoms with E-state index in [-0.39, 0.29) is 6.61 Å². The Morgan fingerprint density at radius 2 is 2.10 bits per heavy atom. The van der Waals surface area contributed by atoms with E-state index in [1.165, 1.54) is 11.3 Å². The largest absolute Gasteiger partial charge is 0.411 e. The molecule has 0 bridgehead atoms. The molecule has 0 saturated heterocycles. The zero-order valence-corrected chi connectivity index (χ0v) is 12.4. The highest BCUT2D eigenvalue weighted by atomic mass is 32.1. The summed E-state index contributed by atoms with van der Waals surface area (Å²) in [5, 5.41) is 3.97. The number of rotatable bonds is 9. The Morgan fingerprint density at radius 1 is 1.35 bits per heavy atom. The highest BCUT2D eigenvalue weighted by Crippen LogP contribution is 2.20. The highest BCUT2D eigenvalue weighted by Gasteiger charge is 2.27. The molecule has 1 aromatic heterocycles. The SMILES string of the molecule is CCNCc1sc(CCOCC(F)(F)F)nc1COC. The smallest absolute Gasteiger partial charge is 0.378 e. The molecule has 0 fully saturated rings. The molecular formula is C12H19F3N2O2S. The molecule has 1 N–H and O–H groups in total. The maximum atomic E-state index is 11.9. The third-order valence-corrected chi connectivity index (χ3v) is 3.52. The molecular weight excluding hydrogens is 293 g/mol. The minimum atomic E-state index is -4.28. The van der Waals surface area contributed by atoms with Crippen molar-refractivity contribution in [3.63, 3.8) is 0 Å². The van der Waals surface area contributed by atoms with Crippen molar-refractivity contribution in [2.45, 2.75) is 32.7 Å². The van der Waals surface area contributed by atoms with Crippen molar-refractivity contribution in [1.29, 1.82) is 0 Å². The third kappa shape index (κ3) is 6.65. The van der Waals surface area contributed by atoms with Crippen molar-refractivity contribution in [2.24, 2.45) is 0 Å². The zero-order chi connectivity index (χ0) is 15.0. The molecule has 0 aliphatic carbocycles. The maximum Gasteiger partial charge on any atom is 0.411 e. The number of nitrogens with one attached hydrogen (secondary N) is 1. The van der Waals surface area contributed by atoms with Gasteiger partial charge in [0.25, 0.3) is 0 Å². The highest BCUT2D eigenvalue weighted by molar-refractivity contribution is 7.11. The number of hydrogen-bond donors (Lipinski definition) is 1. The van der Waals surface area contributed by atoms with Crippen LogP contribution in [0, 0.1) is 0 Å². The number of alkyl halides is 3. The van der Waals surface area contributed by atoms with Gasteiger partial charge in [0, 0.05) is 25.0 Å². The third-order valence-electron chi connectivity index (χ3n) is 2.37. The van der Waals surface area contributed by atoms with Gasteiger partial charge >= 0.3 is 6.18 Å². The molecule has 20 heavy (non-hydrogen) atoms. The molecule has 1 heterocycles. The van der Waals surface area contributed by atoms with Gasteiger partial charge in [-0.15, -0.1) is 11.3 Å². The molecule has 4 nitrogen and oxygen atoms in total. The van der Waals surface area contributed by atoms with Gasteiger partial charge in [-0.25, -0.2) is 4.98 Å². The van der Waals surface area contributed by atoms with E-state index in [1.54, 1.807) is 7.11 Å². The monoisotopic (exact) mass is 312 g/mol. The van der Waals surface area contributed by atoms with Gasteiger partial charge in [-0.3, -0.25) is 0 Å². The van der Waals surface area contributed by atoms with E-state index in [0.717, 1.165) is 22.1 Å². The lowest BCUT2D eigenvalue weighted by molar-refractivity contribution is -0.173. The van der Waals surface area contributed by atoms with Gasteiger partial charge in [0.05, 0.1) is 23.9 Å². The number of nitrogens with zero attached hydrogens (tertiary/aromatic N) is 1. The first-order valence-electron chi connectivity index (χ1n) is 6.28.